The maximum atomic E-state index is 11.8. The van der Waals surface area contributed by atoms with Crippen molar-refractivity contribution in [1.82, 2.24) is 9.97 Å². The molecule has 5 nitrogen and oxygen atoms in total. The first-order valence-electron chi connectivity index (χ1n) is 10.9. The van der Waals surface area contributed by atoms with Crippen LogP contribution in [0.5, 0.6) is 11.6 Å². The van der Waals surface area contributed by atoms with Gasteiger partial charge in [-0.1, -0.05) is 72.0 Å². The molecule has 0 spiro atoms. The molecule has 1 radical (unpaired) electrons. The summed E-state index contributed by atoms with van der Waals surface area (Å²) in [6, 6.07) is 14.6. The van der Waals surface area contributed by atoms with Crippen molar-refractivity contribution in [1.29, 1.82) is 0 Å². The Balaban J connectivity index is 0.000000324. The average Bonchev–Trinajstić information content (AvgIpc) is 2.80. The Hall–Kier alpha value is -2.56. The van der Waals surface area contributed by atoms with E-state index in [9.17, 15) is 9.90 Å². The number of hydrogen-bond acceptors (Lipinski definition) is 5. The second-order valence-electron chi connectivity index (χ2n) is 8.94. The van der Waals surface area contributed by atoms with Gasteiger partial charge < -0.3 is 14.8 Å². The van der Waals surface area contributed by atoms with Crippen molar-refractivity contribution in [2.75, 3.05) is 0 Å². The third-order valence-corrected chi connectivity index (χ3v) is 5.79. The number of carbonyl (C=O) groups excluding carboxylic acids is 1. The van der Waals surface area contributed by atoms with E-state index >= 15 is 0 Å². The zero-order chi connectivity index (χ0) is 23.8. The number of allylic oxidation sites excluding steroid dienone is 2. The summed E-state index contributed by atoms with van der Waals surface area (Å²) in [6.45, 7) is 11.7. The summed E-state index contributed by atoms with van der Waals surface area (Å²) in [5.74, 6) is 1.31. The van der Waals surface area contributed by atoms with Gasteiger partial charge in [0.2, 0.25) is 5.88 Å². The Morgan fingerprint density at radius 1 is 1.06 bits per heavy atom. The van der Waals surface area contributed by atoms with Crippen LogP contribution in [0.2, 0.25) is 0 Å². The minimum Gasteiger partial charge on any atom is -0.512 e. The van der Waals surface area contributed by atoms with E-state index in [-0.39, 0.29) is 42.5 Å². The number of fused-ring (bicyclic) bond motifs is 1. The van der Waals surface area contributed by atoms with Crippen molar-refractivity contribution in [3.63, 3.8) is 0 Å². The van der Waals surface area contributed by atoms with E-state index in [2.05, 4.69) is 16.0 Å². The zero-order valence-electron chi connectivity index (χ0n) is 20.2. The van der Waals surface area contributed by atoms with Gasteiger partial charge in [-0.05, 0) is 24.4 Å². The molecule has 3 rings (SSSR count). The molecule has 179 valence electrons. The molecule has 1 N–H and O–H groups in total. The molecule has 0 fully saturated rings. The third kappa shape index (κ3) is 8.38. The SMILES string of the molecule is CCC(C)(C)C(=O)/C=C(\O)C(C)(C)CC.[Ir].[c-]1ccncc1Oc1cc2ccccc2cn1. The second kappa shape index (κ2) is 12.6. The summed E-state index contributed by atoms with van der Waals surface area (Å²) in [4.78, 5) is 20.0. The van der Waals surface area contributed by atoms with Gasteiger partial charge in [-0.25, -0.2) is 4.98 Å². The van der Waals surface area contributed by atoms with Gasteiger partial charge in [0.25, 0.3) is 0 Å². The van der Waals surface area contributed by atoms with Crippen LogP contribution in [0.25, 0.3) is 10.8 Å². The summed E-state index contributed by atoms with van der Waals surface area (Å²) in [7, 11) is 0. The van der Waals surface area contributed by atoms with Crippen LogP contribution in [0, 0.1) is 16.9 Å². The molecule has 0 bridgehead atoms. The van der Waals surface area contributed by atoms with Crippen LogP contribution >= 0.6 is 0 Å². The maximum absolute atomic E-state index is 11.8. The molecule has 0 saturated heterocycles. The molecular formula is C27H33IrN2O3-. The first-order valence-corrected chi connectivity index (χ1v) is 10.9. The minimum absolute atomic E-state index is 0. The van der Waals surface area contributed by atoms with Crippen LogP contribution in [0.15, 0.2) is 66.8 Å². The summed E-state index contributed by atoms with van der Waals surface area (Å²) >= 11 is 0. The molecule has 0 amide bonds. The number of ether oxygens (including phenoxy) is 1. The van der Waals surface area contributed by atoms with E-state index < -0.39 is 0 Å². The smallest absolute Gasteiger partial charge is 0.217 e. The molecule has 33 heavy (non-hydrogen) atoms. The van der Waals surface area contributed by atoms with Crippen LogP contribution in [0.1, 0.15) is 54.4 Å². The van der Waals surface area contributed by atoms with Gasteiger partial charge in [0.1, 0.15) is 5.76 Å². The van der Waals surface area contributed by atoms with Crippen molar-refractivity contribution in [2.45, 2.75) is 54.4 Å². The van der Waals surface area contributed by atoms with Gasteiger partial charge in [0.15, 0.2) is 5.78 Å². The van der Waals surface area contributed by atoms with E-state index in [4.69, 9.17) is 4.74 Å². The quantitative estimate of drug-likeness (QED) is 0.173. The molecular weight excluding hydrogens is 593 g/mol. The molecule has 6 heteroatoms. The molecule has 3 aromatic rings. The Morgan fingerprint density at radius 3 is 2.27 bits per heavy atom. The number of aliphatic hydroxyl groups is 1. The molecule has 2 heterocycles. The third-order valence-electron chi connectivity index (χ3n) is 5.79. The molecule has 0 aliphatic rings. The second-order valence-corrected chi connectivity index (χ2v) is 8.94. The number of aliphatic hydroxyl groups excluding tert-OH is 1. The number of rotatable bonds is 7. The monoisotopic (exact) mass is 626 g/mol. The van der Waals surface area contributed by atoms with Crippen LogP contribution in [-0.2, 0) is 24.9 Å². The Kier molecular flexibility index (Phi) is 10.9. The predicted molar refractivity (Wildman–Crippen MR) is 129 cm³/mol. The fraction of sp³-hybridized carbons (Fsp3) is 0.370. The van der Waals surface area contributed by atoms with Gasteiger partial charge >= 0.3 is 0 Å². The number of nitrogens with zero attached hydrogens (tertiary/aromatic N) is 2. The van der Waals surface area contributed by atoms with Crippen LogP contribution in [0.3, 0.4) is 0 Å². The fourth-order valence-corrected chi connectivity index (χ4v) is 2.47. The molecule has 1 aromatic carbocycles. The van der Waals surface area contributed by atoms with Crippen molar-refractivity contribution >= 4 is 16.6 Å². The topological polar surface area (TPSA) is 72.3 Å². The van der Waals surface area contributed by atoms with E-state index in [1.807, 2.05) is 71.9 Å². The molecule has 0 aliphatic carbocycles. The molecule has 0 saturated carbocycles. The Labute approximate surface area is 210 Å². The Bertz CT molecular complexity index is 1060. The van der Waals surface area contributed by atoms with Gasteiger partial charge in [0, 0.05) is 60.4 Å². The van der Waals surface area contributed by atoms with E-state index in [0.717, 1.165) is 23.6 Å². The molecule has 2 aromatic heterocycles. The zero-order valence-corrected chi connectivity index (χ0v) is 22.6. The normalized spacial score (nSPS) is 11.8. The Morgan fingerprint density at radius 2 is 1.70 bits per heavy atom. The summed E-state index contributed by atoms with van der Waals surface area (Å²) < 4.78 is 5.56. The standard InChI is InChI=1S/C14H9N2O.C13H24O2.Ir/c1-2-5-12-9-16-14(8-11(12)4-1)17-13-6-3-7-15-10-13;1-7-12(3,4)10(14)9-11(15)13(5,6)8-2;/h1-5,7-10H;9,14H,7-8H2,1-6H3;/q-1;;/b;10-9-;. The summed E-state index contributed by atoms with van der Waals surface area (Å²) in [6.07, 6.45) is 8.04. The number of ketones is 1. The first-order chi connectivity index (χ1) is 15.1. The predicted octanol–water partition coefficient (Wildman–Crippen LogP) is 7.09. The van der Waals surface area contributed by atoms with Crippen LogP contribution in [-0.4, -0.2) is 20.9 Å². The largest absolute Gasteiger partial charge is 0.512 e. The average molecular weight is 626 g/mol. The van der Waals surface area contributed by atoms with E-state index in [1.54, 1.807) is 24.7 Å². The minimum atomic E-state index is -0.377. The van der Waals surface area contributed by atoms with Gasteiger partial charge in [-0.15, -0.1) is 6.07 Å². The number of pyridine rings is 2. The van der Waals surface area contributed by atoms with Crippen molar-refractivity contribution in [3.8, 4) is 11.6 Å². The number of hydrogen-bond donors (Lipinski definition) is 1. The molecule has 0 unspecified atom stereocenters. The number of aromatic nitrogens is 2. The molecule has 0 aliphatic heterocycles. The first kappa shape index (κ1) is 28.5. The van der Waals surface area contributed by atoms with Crippen molar-refractivity contribution in [3.05, 3.63) is 72.9 Å². The summed E-state index contributed by atoms with van der Waals surface area (Å²) in [5, 5.41) is 12.0. The van der Waals surface area contributed by atoms with Gasteiger partial charge in [-0.2, -0.15) is 6.07 Å². The number of carbonyl (C=O) groups is 1. The fourth-order valence-electron chi connectivity index (χ4n) is 2.47. The maximum Gasteiger partial charge on any atom is 0.217 e. The van der Waals surface area contributed by atoms with Crippen molar-refractivity contribution < 1.29 is 34.7 Å². The van der Waals surface area contributed by atoms with Gasteiger partial charge in [0.05, 0.1) is 0 Å². The van der Waals surface area contributed by atoms with Crippen molar-refractivity contribution in [2.24, 2.45) is 10.8 Å². The van der Waals surface area contributed by atoms with Gasteiger partial charge in [-0.3, -0.25) is 4.79 Å². The van der Waals surface area contributed by atoms with E-state index in [0.29, 0.717) is 11.6 Å². The van der Waals surface area contributed by atoms with Crippen LogP contribution < -0.4 is 4.74 Å². The summed E-state index contributed by atoms with van der Waals surface area (Å²) in [5.41, 5.74) is -0.683. The number of benzene rings is 1. The molecule has 0 atom stereocenters. The van der Waals surface area contributed by atoms with E-state index in [1.165, 1.54) is 6.08 Å². The van der Waals surface area contributed by atoms with Crippen LogP contribution in [0.4, 0.5) is 0 Å².